The highest BCUT2D eigenvalue weighted by molar-refractivity contribution is 7.17. The standard InChI is InChI=1S/C17H18N2OS/c1-11(2)20-16-9-13(18)8-15(10-16)19-14-3-4-17-12(7-14)5-6-21-17/h3-11,19H,18H2,1-2H3. The van der Waals surface area contributed by atoms with Gasteiger partial charge in [0, 0.05) is 33.9 Å². The van der Waals surface area contributed by atoms with Crippen molar-refractivity contribution in [2.24, 2.45) is 0 Å². The molecule has 0 aliphatic heterocycles. The van der Waals surface area contributed by atoms with Crippen LogP contribution in [-0.4, -0.2) is 6.10 Å². The van der Waals surface area contributed by atoms with E-state index < -0.39 is 0 Å². The van der Waals surface area contributed by atoms with Crippen molar-refractivity contribution in [1.82, 2.24) is 0 Å². The number of hydrogen-bond donors (Lipinski definition) is 2. The summed E-state index contributed by atoms with van der Waals surface area (Å²) in [5.41, 5.74) is 8.61. The minimum absolute atomic E-state index is 0.127. The van der Waals surface area contributed by atoms with Crippen molar-refractivity contribution in [3.63, 3.8) is 0 Å². The van der Waals surface area contributed by atoms with Crippen molar-refractivity contribution < 1.29 is 4.74 Å². The molecule has 0 fully saturated rings. The van der Waals surface area contributed by atoms with Crippen LogP contribution in [0.3, 0.4) is 0 Å². The topological polar surface area (TPSA) is 47.3 Å². The Hall–Kier alpha value is -2.20. The van der Waals surface area contributed by atoms with Gasteiger partial charge < -0.3 is 15.8 Å². The summed E-state index contributed by atoms with van der Waals surface area (Å²) in [5, 5.41) is 6.73. The maximum atomic E-state index is 5.94. The number of nitrogens with one attached hydrogen (secondary N) is 1. The smallest absolute Gasteiger partial charge is 0.123 e. The molecule has 0 aliphatic carbocycles. The Kier molecular flexibility index (Phi) is 3.71. The van der Waals surface area contributed by atoms with Gasteiger partial charge in [-0.25, -0.2) is 0 Å². The quantitative estimate of drug-likeness (QED) is 0.665. The zero-order chi connectivity index (χ0) is 14.8. The molecule has 0 atom stereocenters. The number of nitrogen functional groups attached to an aromatic ring is 1. The third-order valence-electron chi connectivity index (χ3n) is 3.04. The van der Waals surface area contributed by atoms with Crippen molar-refractivity contribution in [3.05, 3.63) is 47.8 Å². The summed E-state index contributed by atoms with van der Waals surface area (Å²) in [7, 11) is 0. The monoisotopic (exact) mass is 298 g/mol. The van der Waals surface area contributed by atoms with Crippen LogP contribution in [-0.2, 0) is 0 Å². The number of thiophene rings is 1. The van der Waals surface area contributed by atoms with Crippen LogP contribution in [0.5, 0.6) is 5.75 Å². The molecule has 2 aromatic carbocycles. The molecule has 0 saturated heterocycles. The molecule has 0 aliphatic rings. The van der Waals surface area contributed by atoms with Gasteiger partial charge in [-0.2, -0.15) is 0 Å². The van der Waals surface area contributed by atoms with Crippen LogP contribution in [0.4, 0.5) is 17.1 Å². The van der Waals surface area contributed by atoms with E-state index in [9.17, 15) is 0 Å². The van der Waals surface area contributed by atoms with Gasteiger partial charge in [-0.3, -0.25) is 0 Å². The Morgan fingerprint density at radius 3 is 2.71 bits per heavy atom. The Bertz CT molecular complexity index is 764. The molecule has 0 radical (unpaired) electrons. The zero-order valence-electron chi connectivity index (χ0n) is 12.1. The Morgan fingerprint density at radius 1 is 1.05 bits per heavy atom. The molecule has 0 unspecified atom stereocenters. The third kappa shape index (κ3) is 3.28. The van der Waals surface area contributed by atoms with E-state index >= 15 is 0 Å². The van der Waals surface area contributed by atoms with Crippen molar-refractivity contribution in [2.75, 3.05) is 11.1 Å². The van der Waals surface area contributed by atoms with Crippen molar-refractivity contribution >= 4 is 38.5 Å². The summed E-state index contributed by atoms with van der Waals surface area (Å²) in [4.78, 5) is 0. The third-order valence-corrected chi connectivity index (χ3v) is 3.94. The fourth-order valence-electron chi connectivity index (χ4n) is 2.25. The van der Waals surface area contributed by atoms with E-state index in [1.54, 1.807) is 11.3 Å². The summed E-state index contributed by atoms with van der Waals surface area (Å²) in [5.74, 6) is 0.782. The lowest BCUT2D eigenvalue weighted by Gasteiger charge is -2.13. The van der Waals surface area contributed by atoms with E-state index in [0.29, 0.717) is 5.69 Å². The SMILES string of the molecule is CC(C)Oc1cc(N)cc(Nc2ccc3sccc3c2)c1. The summed E-state index contributed by atoms with van der Waals surface area (Å²) < 4.78 is 7.00. The lowest BCUT2D eigenvalue weighted by molar-refractivity contribution is 0.242. The number of benzene rings is 2. The maximum absolute atomic E-state index is 5.94. The molecule has 1 heterocycles. The van der Waals surface area contributed by atoms with E-state index in [2.05, 4.69) is 35.0 Å². The van der Waals surface area contributed by atoms with Gasteiger partial charge in [-0.05, 0) is 54.9 Å². The second kappa shape index (κ2) is 5.66. The fraction of sp³-hybridized carbons (Fsp3) is 0.176. The van der Waals surface area contributed by atoms with Crippen molar-refractivity contribution in [3.8, 4) is 5.75 Å². The average molecular weight is 298 g/mol. The molecule has 3 nitrogen and oxygen atoms in total. The summed E-state index contributed by atoms with van der Waals surface area (Å²) in [6.45, 7) is 4.00. The minimum atomic E-state index is 0.127. The van der Waals surface area contributed by atoms with Crippen LogP contribution in [0.25, 0.3) is 10.1 Å². The van der Waals surface area contributed by atoms with Crippen LogP contribution in [0.1, 0.15) is 13.8 Å². The summed E-state index contributed by atoms with van der Waals surface area (Å²) in [6.07, 6.45) is 0.127. The molecule has 0 spiro atoms. The van der Waals surface area contributed by atoms with E-state index in [0.717, 1.165) is 17.1 Å². The Balaban J connectivity index is 1.87. The van der Waals surface area contributed by atoms with Crippen LogP contribution < -0.4 is 15.8 Å². The Morgan fingerprint density at radius 2 is 1.90 bits per heavy atom. The Labute approximate surface area is 128 Å². The van der Waals surface area contributed by atoms with Gasteiger partial charge in [0.1, 0.15) is 5.75 Å². The summed E-state index contributed by atoms with van der Waals surface area (Å²) in [6, 6.07) is 14.2. The largest absolute Gasteiger partial charge is 0.491 e. The van der Waals surface area contributed by atoms with Gasteiger partial charge in [0.2, 0.25) is 0 Å². The first-order valence-electron chi connectivity index (χ1n) is 6.92. The summed E-state index contributed by atoms with van der Waals surface area (Å²) >= 11 is 1.75. The lowest BCUT2D eigenvalue weighted by Crippen LogP contribution is -2.06. The first-order valence-corrected chi connectivity index (χ1v) is 7.79. The van der Waals surface area contributed by atoms with Crippen molar-refractivity contribution in [2.45, 2.75) is 20.0 Å². The molecule has 1 aromatic heterocycles. The maximum Gasteiger partial charge on any atom is 0.123 e. The molecule has 108 valence electrons. The molecule has 0 saturated carbocycles. The number of rotatable bonds is 4. The van der Waals surface area contributed by atoms with E-state index in [4.69, 9.17) is 10.5 Å². The van der Waals surface area contributed by atoms with Gasteiger partial charge in [-0.1, -0.05) is 0 Å². The van der Waals surface area contributed by atoms with Crippen LogP contribution >= 0.6 is 11.3 Å². The number of anilines is 3. The molecule has 3 rings (SSSR count). The van der Waals surface area contributed by atoms with Gasteiger partial charge in [-0.15, -0.1) is 11.3 Å². The van der Waals surface area contributed by atoms with Crippen LogP contribution in [0.2, 0.25) is 0 Å². The van der Waals surface area contributed by atoms with Gasteiger partial charge in [0.15, 0.2) is 0 Å². The first-order chi connectivity index (χ1) is 10.1. The van der Waals surface area contributed by atoms with E-state index in [-0.39, 0.29) is 6.10 Å². The van der Waals surface area contributed by atoms with Gasteiger partial charge in [0.05, 0.1) is 6.10 Å². The minimum Gasteiger partial charge on any atom is -0.491 e. The number of nitrogens with two attached hydrogens (primary N) is 1. The average Bonchev–Trinajstić information content (AvgIpc) is 2.84. The fourth-order valence-corrected chi connectivity index (χ4v) is 3.02. The lowest BCUT2D eigenvalue weighted by atomic mass is 10.2. The predicted molar refractivity (Wildman–Crippen MR) is 91.7 cm³/mol. The number of hydrogen-bond acceptors (Lipinski definition) is 4. The van der Waals surface area contributed by atoms with Crippen LogP contribution in [0, 0.1) is 0 Å². The number of fused-ring (bicyclic) bond motifs is 1. The molecule has 0 bridgehead atoms. The number of ether oxygens (including phenoxy) is 1. The van der Waals surface area contributed by atoms with Crippen molar-refractivity contribution in [1.29, 1.82) is 0 Å². The van der Waals surface area contributed by atoms with Gasteiger partial charge >= 0.3 is 0 Å². The van der Waals surface area contributed by atoms with Crippen LogP contribution in [0.15, 0.2) is 47.8 Å². The highest BCUT2D eigenvalue weighted by atomic mass is 32.1. The molecule has 21 heavy (non-hydrogen) atoms. The predicted octanol–water partition coefficient (Wildman–Crippen LogP) is 5.01. The zero-order valence-corrected chi connectivity index (χ0v) is 12.9. The normalized spacial score (nSPS) is 11.0. The molecular formula is C17H18N2OS. The molecule has 3 aromatic rings. The second-order valence-electron chi connectivity index (χ2n) is 5.26. The second-order valence-corrected chi connectivity index (χ2v) is 6.20. The first kappa shape index (κ1) is 13.8. The van der Waals surface area contributed by atoms with E-state index in [1.807, 2.05) is 32.0 Å². The molecular weight excluding hydrogens is 280 g/mol. The molecule has 0 amide bonds. The highest BCUT2D eigenvalue weighted by Crippen LogP contribution is 2.29. The highest BCUT2D eigenvalue weighted by Gasteiger charge is 2.04. The molecule has 3 N–H and O–H groups in total. The molecule has 4 heteroatoms. The van der Waals surface area contributed by atoms with E-state index in [1.165, 1.54) is 10.1 Å². The van der Waals surface area contributed by atoms with Gasteiger partial charge in [0.25, 0.3) is 0 Å².